The first-order chi connectivity index (χ1) is 7.79. The van der Waals surface area contributed by atoms with Gasteiger partial charge < -0.3 is 9.47 Å². The lowest BCUT2D eigenvalue weighted by atomic mass is 9.63. The predicted molar refractivity (Wildman–Crippen MR) is 71.9 cm³/mol. The third-order valence-electron chi connectivity index (χ3n) is 4.46. The Hall–Kier alpha value is -0.0800. The molecule has 17 heavy (non-hydrogen) atoms. The van der Waals surface area contributed by atoms with Gasteiger partial charge in [0.15, 0.2) is 6.29 Å². The van der Waals surface area contributed by atoms with Crippen LogP contribution in [0.15, 0.2) is 0 Å². The van der Waals surface area contributed by atoms with E-state index in [1.165, 1.54) is 19.3 Å². The second-order valence-electron chi connectivity index (χ2n) is 6.80. The highest BCUT2D eigenvalue weighted by Crippen LogP contribution is 2.50. The number of ether oxygens (including phenoxy) is 2. The summed E-state index contributed by atoms with van der Waals surface area (Å²) < 4.78 is 10.9. The minimum Gasteiger partial charge on any atom is -0.353 e. The van der Waals surface area contributed by atoms with E-state index in [4.69, 9.17) is 9.47 Å². The highest BCUT2D eigenvalue weighted by atomic mass is 16.8. The number of methoxy groups -OCH3 is 1. The van der Waals surface area contributed by atoms with E-state index in [-0.39, 0.29) is 6.29 Å². The summed E-state index contributed by atoms with van der Waals surface area (Å²) in [4.78, 5) is 0. The van der Waals surface area contributed by atoms with Gasteiger partial charge in [-0.15, -0.1) is 0 Å². The van der Waals surface area contributed by atoms with Gasteiger partial charge in [-0.1, -0.05) is 54.4 Å². The molecule has 102 valence electrons. The van der Waals surface area contributed by atoms with Crippen molar-refractivity contribution in [1.29, 1.82) is 0 Å². The Morgan fingerprint density at radius 3 is 2.00 bits per heavy atom. The molecule has 0 N–H and O–H groups in total. The lowest BCUT2D eigenvalue weighted by molar-refractivity contribution is 0.0685. The van der Waals surface area contributed by atoms with Gasteiger partial charge in [0.1, 0.15) is 6.10 Å². The van der Waals surface area contributed by atoms with Crippen molar-refractivity contribution in [3.05, 3.63) is 0 Å². The minimum atomic E-state index is 0.0439. The highest BCUT2D eigenvalue weighted by molar-refractivity contribution is 4.95. The molecule has 1 aliphatic rings. The lowest BCUT2D eigenvalue weighted by Gasteiger charge is -2.42. The Morgan fingerprint density at radius 2 is 1.71 bits per heavy atom. The Kier molecular flexibility index (Phi) is 4.65. The zero-order valence-corrected chi connectivity index (χ0v) is 12.7. The van der Waals surface area contributed by atoms with Crippen molar-refractivity contribution < 1.29 is 9.47 Å². The summed E-state index contributed by atoms with van der Waals surface area (Å²) in [5, 5.41) is 0. The molecule has 3 unspecified atom stereocenters. The Morgan fingerprint density at radius 1 is 1.18 bits per heavy atom. The summed E-state index contributed by atoms with van der Waals surface area (Å²) in [7, 11) is 1.74. The van der Waals surface area contributed by atoms with E-state index in [9.17, 15) is 0 Å². The Labute approximate surface area is 107 Å². The normalized spacial score (nSPS) is 27.0. The molecule has 0 aromatic heterocycles. The predicted octanol–water partition coefficient (Wildman–Crippen LogP) is 4.24. The van der Waals surface area contributed by atoms with E-state index in [0.717, 1.165) is 0 Å². The number of hydrogen-bond acceptors (Lipinski definition) is 2. The molecule has 0 aromatic carbocycles. The third kappa shape index (κ3) is 3.45. The summed E-state index contributed by atoms with van der Waals surface area (Å²) in [6.45, 7) is 14.0. The van der Waals surface area contributed by atoms with Crippen LogP contribution < -0.4 is 0 Å². The van der Waals surface area contributed by atoms with Crippen molar-refractivity contribution in [1.82, 2.24) is 0 Å². The molecule has 0 amide bonds. The second kappa shape index (κ2) is 5.27. The number of epoxide rings is 1. The van der Waals surface area contributed by atoms with Crippen molar-refractivity contribution in [2.45, 2.75) is 73.2 Å². The van der Waals surface area contributed by atoms with Crippen LogP contribution >= 0.6 is 0 Å². The van der Waals surface area contributed by atoms with Crippen LogP contribution in [0.2, 0.25) is 0 Å². The summed E-state index contributed by atoms with van der Waals surface area (Å²) >= 11 is 0. The van der Waals surface area contributed by atoms with Crippen LogP contribution in [0.1, 0.15) is 60.8 Å². The van der Waals surface area contributed by atoms with Crippen molar-refractivity contribution in [3.63, 3.8) is 0 Å². The maximum absolute atomic E-state index is 5.63. The van der Waals surface area contributed by atoms with Gasteiger partial charge in [-0.3, -0.25) is 0 Å². The maximum atomic E-state index is 5.63. The molecule has 0 aliphatic carbocycles. The molecule has 3 atom stereocenters. The van der Waals surface area contributed by atoms with E-state index in [0.29, 0.717) is 22.9 Å². The smallest absolute Gasteiger partial charge is 0.184 e. The van der Waals surface area contributed by atoms with Gasteiger partial charge in [0.2, 0.25) is 0 Å². The fraction of sp³-hybridized carbons (Fsp3) is 1.00. The standard InChI is InChI=1S/C15H30O2/c1-8-15(9-2,10-14(4,5)6)11(3)12-13(16-7)17-12/h11-13H,8-10H2,1-7H3. The van der Waals surface area contributed by atoms with E-state index in [1.807, 2.05) is 0 Å². The van der Waals surface area contributed by atoms with Crippen LogP contribution in [0.25, 0.3) is 0 Å². The van der Waals surface area contributed by atoms with Crippen LogP contribution in [-0.2, 0) is 9.47 Å². The van der Waals surface area contributed by atoms with E-state index >= 15 is 0 Å². The van der Waals surface area contributed by atoms with Crippen molar-refractivity contribution in [3.8, 4) is 0 Å². The number of rotatable bonds is 6. The lowest BCUT2D eigenvalue weighted by Crippen LogP contribution is -2.35. The van der Waals surface area contributed by atoms with Crippen LogP contribution in [0.5, 0.6) is 0 Å². The van der Waals surface area contributed by atoms with Gasteiger partial charge in [0, 0.05) is 7.11 Å². The van der Waals surface area contributed by atoms with Crippen molar-refractivity contribution in [2.75, 3.05) is 7.11 Å². The van der Waals surface area contributed by atoms with Gasteiger partial charge >= 0.3 is 0 Å². The molecule has 1 rings (SSSR count). The average molecular weight is 242 g/mol. The zero-order valence-electron chi connectivity index (χ0n) is 12.7. The molecule has 0 spiro atoms. The molecule has 0 saturated carbocycles. The fourth-order valence-corrected chi connectivity index (χ4v) is 3.36. The average Bonchev–Trinajstić information content (AvgIpc) is 3.02. The van der Waals surface area contributed by atoms with Crippen LogP contribution in [0.4, 0.5) is 0 Å². The molecule has 0 radical (unpaired) electrons. The second-order valence-corrected chi connectivity index (χ2v) is 6.80. The SMILES string of the molecule is CCC(CC)(CC(C)(C)C)C(C)C1OC1OC. The Bertz CT molecular complexity index is 238. The topological polar surface area (TPSA) is 21.8 Å². The first kappa shape index (κ1) is 15.0. The molecule has 1 saturated heterocycles. The zero-order chi connectivity index (χ0) is 13.3. The van der Waals surface area contributed by atoms with E-state index < -0.39 is 0 Å². The van der Waals surface area contributed by atoms with E-state index in [1.54, 1.807) is 7.11 Å². The van der Waals surface area contributed by atoms with E-state index in [2.05, 4.69) is 41.5 Å². The molecule has 2 heteroatoms. The third-order valence-corrected chi connectivity index (χ3v) is 4.46. The quantitative estimate of drug-likeness (QED) is 0.650. The summed E-state index contributed by atoms with van der Waals surface area (Å²) in [5.41, 5.74) is 0.758. The molecule has 1 aliphatic heterocycles. The molecule has 1 fully saturated rings. The van der Waals surface area contributed by atoms with Gasteiger partial charge in [0.05, 0.1) is 0 Å². The van der Waals surface area contributed by atoms with Crippen molar-refractivity contribution in [2.24, 2.45) is 16.7 Å². The first-order valence-corrected chi connectivity index (χ1v) is 6.98. The van der Waals surface area contributed by atoms with Gasteiger partial charge in [-0.25, -0.2) is 0 Å². The number of hydrogen-bond donors (Lipinski definition) is 0. The van der Waals surface area contributed by atoms with Crippen LogP contribution in [0, 0.1) is 16.7 Å². The minimum absolute atomic E-state index is 0.0439. The molecule has 0 bridgehead atoms. The van der Waals surface area contributed by atoms with Gasteiger partial charge in [0.25, 0.3) is 0 Å². The molecular formula is C15H30O2. The van der Waals surface area contributed by atoms with Crippen molar-refractivity contribution >= 4 is 0 Å². The van der Waals surface area contributed by atoms with Gasteiger partial charge in [-0.2, -0.15) is 0 Å². The first-order valence-electron chi connectivity index (χ1n) is 6.98. The highest BCUT2D eigenvalue weighted by Gasteiger charge is 2.51. The molecule has 0 aromatic rings. The summed E-state index contributed by atoms with van der Waals surface area (Å²) in [6, 6.07) is 0. The molecular weight excluding hydrogens is 212 g/mol. The Balaban J connectivity index is 2.76. The monoisotopic (exact) mass is 242 g/mol. The van der Waals surface area contributed by atoms with Crippen LogP contribution in [-0.4, -0.2) is 19.5 Å². The fourth-order valence-electron chi connectivity index (χ4n) is 3.36. The van der Waals surface area contributed by atoms with Crippen LogP contribution in [0.3, 0.4) is 0 Å². The summed E-state index contributed by atoms with van der Waals surface area (Å²) in [6.07, 6.45) is 4.05. The largest absolute Gasteiger partial charge is 0.353 e. The maximum Gasteiger partial charge on any atom is 0.184 e. The summed E-state index contributed by atoms with van der Waals surface area (Å²) in [5.74, 6) is 0.571. The molecule has 2 nitrogen and oxygen atoms in total. The van der Waals surface area contributed by atoms with Gasteiger partial charge in [-0.05, 0) is 23.2 Å². The molecule has 1 heterocycles.